The van der Waals surface area contributed by atoms with E-state index in [1.165, 1.54) is 41.7 Å². The zero-order chi connectivity index (χ0) is 23.5. The second-order valence-electron chi connectivity index (χ2n) is 7.10. The van der Waals surface area contributed by atoms with Crippen LogP contribution >= 0.6 is 11.3 Å². The third-order valence-corrected chi connectivity index (χ3v) is 5.88. The molecule has 0 saturated heterocycles. The minimum absolute atomic E-state index is 0.0456. The van der Waals surface area contributed by atoms with E-state index >= 15 is 0 Å². The van der Waals surface area contributed by atoms with Crippen molar-refractivity contribution in [2.75, 3.05) is 5.32 Å². The zero-order valence-corrected chi connectivity index (χ0v) is 18.0. The Hall–Kier alpha value is -4.44. The fraction of sp³-hybridized carbons (Fsp3) is 0.0435. The number of anilines is 1. The maximum atomic E-state index is 12.8. The van der Waals surface area contributed by atoms with E-state index in [4.69, 9.17) is 0 Å². The van der Waals surface area contributed by atoms with Gasteiger partial charge in [0.2, 0.25) is 0 Å². The largest absolute Gasteiger partial charge is 0.298 e. The lowest BCUT2D eigenvalue weighted by atomic mass is 10.1. The highest BCUT2D eigenvalue weighted by Gasteiger charge is 2.22. The number of nitrogens with one attached hydrogen (secondary N) is 1. The van der Waals surface area contributed by atoms with Crippen LogP contribution in [0.25, 0.3) is 21.7 Å². The molecule has 0 spiro atoms. The van der Waals surface area contributed by atoms with Gasteiger partial charge in [-0.2, -0.15) is 0 Å². The van der Waals surface area contributed by atoms with Gasteiger partial charge < -0.3 is 0 Å². The second-order valence-corrected chi connectivity index (χ2v) is 8.09. The minimum atomic E-state index is -0.651. The molecule has 1 amide bonds. The SMILES string of the molecule is Cc1ccc(-c2sc(NC(=O)c3ccccc3[N+](=O)[O-])nc2-c2ccc([N+](=O)[O-])cc2)cc1. The van der Waals surface area contributed by atoms with Crippen LogP contribution < -0.4 is 5.32 Å². The first-order valence-electron chi connectivity index (χ1n) is 9.71. The number of para-hydroxylation sites is 1. The highest BCUT2D eigenvalue weighted by molar-refractivity contribution is 7.19. The predicted octanol–water partition coefficient (Wildman–Crippen LogP) is 5.85. The van der Waals surface area contributed by atoms with Gasteiger partial charge >= 0.3 is 0 Å². The van der Waals surface area contributed by atoms with Crippen molar-refractivity contribution < 1.29 is 14.6 Å². The van der Waals surface area contributed by atoms with E-state index in [2.05, 4.69) is 10.3 Å². The Morgan fingerprint density at radius 3 is 2.15 bits per heavy atom. The molecule has 33 heavy (non-hydrogen) atoms. The smallest absolute Gasteiger partial charge is 0.282 e. The van der Waals surface area contributed by atoms with Crippen LogP contribution in [-0.2, 0) is 0 Å². The summed E-state index contributed by atoms with van der Waals surface area (Å²) in [5.74, 6) is -0.651. The molecule has 0 radical (unpaired) electrons. The van der Waals surface area contributed by atoms with Gasteiger partial charge in [-0.3, -0.25) is 30.3 Å². The number of aromatic nitrogens is 1. The summed E-state index contributed by atoms with van der Waals surface area (Å²) in [4.78, 5) is 39.2. The standard InChI is InChI=1S/C23H16N4O5S/c1-14-6-8-16(9-7-14)21-20(15-10-12-17(13-11-15)26(29)30)24-23(33-21)25-22(28)18-4-2-3-5-19(18)27(31)32/h2-13H,1H3,(H,24,25,28). The van der Waals surface area contributed by atoms with Crippen molar-refractivity contribution in [1.82, 2.24) is 4.98 Å². The number of hydrogen-bond donors (Lipinski definition) is 1. The summed E-state index contributed by atoms with van der Waals surface area (Å²) in [5, 5.41) is 25.2. The Labute approximate surface area is 191 Å². The highest BCUT2D eigenvalue weighted by atomic mass is 32.1. The van der Waals surface area contributed by atoms with Gasteiger partial charge in [0.1, 0.15) is 5.56 Å². The molecule has 3 aromatic carbocycles. The van der Waals surface area contributed by atoms with E-state index in [-0.39, 0.29) is 22.1 Å². The maximum absolute atomic E-state index is 12.8. The van der Waals surface area contributed by atoms with Gasteiger partial charge in [0.15, 0.2) is 5.13 Å². The molecule has 10 heteroatoms. The zero-order valence-electron chi connectivity index (χ0n) is 17.2. The number of aryl methyl sites for hydroxylation is 1. The van der Waals surface area contributed by atoms with Crippen LogP contribution in [0.5, 0.6) is 0 Å². The molecule has 0 aliphatic rings. The summed E-state index contributed by atoms with van der Waals surface area (Å²) in [5.41, 5.74) is 2.68. The average Bonchev–Trinajstić information content (AvgIpc) is 3.23. The topological polar surface area (TPSA) is 128 Å². The Kier molecular flexibility index (Phi) is 5.92. The van der Waals surface area contributed by atoms with E-state index in [9.17, 15) is 25.0 Å². The number of nitro benzene ring substituents is 2. The first kappa shape index (κ1) is 21.8. The fourth-order valence-corrected chi connectivity index (χ4v) is 4.19. The molecule has 1 aromatic heterocycles. The van der Waals surface area contributed by atoms with Gasteiger partial charge in [-0.15, -0.1) is 0 Å². The highest BCUT2D eigenvalue weighted by Crippen LogP contribution is 2.39. The van der Waals surface area contributed by atoms with Crippen LogP contribution in [0, 0.1) is 27.2 Å². The summed E-state index contributed by atoms with van der Waals surface area (Å²) >= 11 is 1.21. The summed E-state index contributed by atoms with van der Waals surface area (Å²) < 4.78 is 0. The van der Waals surface area contributed by atoms with E-state index in [1.807, 2.05) is 31.2 Å². The molecule has 1 heterocycles. The number of carbonyl (C=O) groups excluding carboxylic acids is 1. The van der Waals surface area contributed by atoms with Gasteiger partial charge in [-0.25, -0.2) is 4.98 Å². The van der Waals surface area contributed by atoms with Gasteiger partial charge in [0, 0.05) is 23.8 Å². The average molecular weight is 460 g/mol. The first-order chi connectivity index (χ1) is 15.8. The molecular weight excluding hydrogens is 444 g/mol. The molecule has 4 aromatic rings. The minimum Gasteiger partial charge on any atom is -0.298 e. The predicted molar refractivity (Wildman–Crippen MR) is 125 cm³/mol. The molecule has 9 nitrogen and oxygen atoms in total. The molecule has 1 N–H and O–H groups in total. The Morgan fingerprint density at radius 2 is 1.52 bits per heavy atom. The van der Waals surface area contributed by atoms with Crippen LogP contribution in [0.2, 0.25) is 0 Å². The summed E-state index contributed by atoms with van der Waals surface area (Å²) in [6.07, 6.45) is 0. The summed E-state index contributed by atoms with van der Waals surface area (Å²) in [7, 11) is 0. The van der Waals surface area contributed by atoms with Gasteiger partial charge in [-0.05, 0) is 30.7 Å². The van der Waals surface area contributed by atoms with Crippen LogP contribution in [0.3, 0.4) is 0 Å². The molecule has 0 atom stereocenters. The van der Waals surface area contributed by atoms with Crippen LogP contribution in [-0.4, -0.2) is 20.7 Å². The lowest BCUT2D eigenvalue weighted by Crippen LogP contribution is -2.13. The van der Waals surface area contributed by atoms with Gasteiger partial charge in [-0.1, -0.05) is 53.3 Å². The van der Waals surface area contributed by atoms with Crippen LogP contribution in [0.4, 0.5) is 16.5 Å². The van der Waals surface area contributed by atoms with E-state index < -0.39 is 15.8 Å². The Bertz CT molecular complexity index is 1360. The van der Waals surface area contributed by atoms with E-state index in [0.29, 0.717) is 11.3 Å². The van der Waals surface area contributed by atoms with E-state index in [0.717, 1.165) is 16.0 Å². The third-order valence-electron chi connectivity index (χ3n) is 4.86. The van der Waals surface area contributed by atoms with E-state index in [1.54, 1.807) is 18.2 Å². The maximum Gasteiger partial charge on any atom is 0.282 e. The van der Waals surface area contributed by atoms with Crippen molar-refractivity contribution in [3.8, 4) is 21.7 Å². The normalized spacial score (nSPS) is 10.6. The van der Waals surface area contributed by atoms with Crippen LogP contribution in [0.1, 0.15) is 15.9 Å². The summed E-state index contributed by atoms with van der Waals surface area (Å²) in [6, 6.07) is 19.4. The Balaban J connectivity index is 1.75. The number of nitrogens with zero attached hydrogens (tertiary/aromatic N) is 3. The number of benzene rings is 3. The lowest BCUT2D eigenvalue weighted by molar-refractivity contribution is -0.385. The monoisotopic (exact) mass is 460 g/mol. The number of thiazole rings is 1. The molecular formula is C23H16N4O5S. The first-order valence-corrected chi connectivity index (χ1v) is 10.5. The van der Waals surface area contributed by atoms with Gasteiger partial charge in [0.25, 0.3) is 17.3 Å². The van der Waals surface area contributed by atoms with Crippen molar-refractivity contribution in [2.24, 2.45) is 0 Å². The fourth-order valence-electron chi connectivity index (χ4n) is 3.20. The van der Waals surface area contributed by atoms with Crippen molar-refractivity contribution >= 4 is 33.8 Å². The molecule has 0 saturated carbocycles. The molecule has 0 aliphatic carbocycles. The van der Waals surface area contributed by atoms with Crippen LogP contribution in [0.15, 0.2) is 72.8 Å². The van der Waals surface area contributed by atoms with Crippen molar-refractivity contribution in [3.05, 3.63) is 104 Å². The molecule has 164 valence electrons. The van der Waals surface area contributed by atoms with Gasteiger partial charge in [0.05, 0.1) is 20.4 Å². The van der Waals surface area contributed by atoms with Crippen molar-refractivity contribution in [2.45, 2.75) is 6.92 Å². The second kappa shape index (κ2) is 8.97. The molecule has 0 aliphatic heterocycles. The number of rotatable bonds is 6. The third kappa shape index (κ3) is 4.60. The molecule has 0 unspecified atom stereocenters. The number of carbonyl (C=O) groups is 1. The number of non-ortho nitro benzene ring substituents is 1. The number of hydrogen-bond acceptors (Lipinski definition) is 7. The number of amides is 1. The lowest BCUT2D eigenvalue weighted by Gasteiger charge is -2.03. The molecule has 0 fully saturated rings. The summed E-state index contributed by atoms with van der Waals surface area (Å²) in [6.45, 7) is 1.96. The molecule has 4 rings (SSSR count). The Morgan fingerprint density at radius 1 is 0.879 bits per heavy atom. The quantitative estimate of drug-likeness (QED) is 0.284. The number of nitro groups is 2. The van der Waals surface area contributed by atoms with Crippen molar-refractivity contribution in [1.29, 1.82) is 0 Å². The molecule has 0 bridgehead atoms. The van der Waals surface area contributed by atoms with Crippen molar-refractivity contribution in [3.63, 3.8) is 0 Å².